The monoisotopic (exact) mass is 352 g/mol. The van der Waals surface area contributed by atoms with E-state index in [0.717, 1.165) is 43.4 Å². The third-order valence-electron chi connectivity index (χ3n) is 4.35. The standard InChI is InChI=1S/C20H28N6/c1-4-21-20(23-14-17-10-13-25(3)15-17)22-11-7-12-26-16(2)24-18-8-5-6-9-19(18)26/h5-6,8-10,13,15H,4,7,11-12,14H2,1-3H3,(H2,21,22,23). The van der Waals surface area contributed by atoms with Crippen molar-refractivity contribution in [2.75, 3.05) is 13.1 Å². The summed E-state index contributed by atoms with van der Waals surface area (Å²) in [7, 11) is 2.03. The molecule has 0 aliphatic rings. The Labute approximate surface area is 155 Å². The minimum absolute atomic E-state index is 0.682. The van der Waals surface area contributed by atoms with E-state index in [1.54, 1.807) is 0 Å². The van der Waals surface area contributed by atoms with E-state index in [-0.39, 0.29) is 0 Å². The molecule has 0 atom stereocenters. The fourth-order valence-electron chi connectivity index (χ4n) is 3.09. The van der Waals surface area contributed by atoms with Crippen molar-refractivity contribution in [2.45, 2.75) is 33.4 Å². The van der Waals surface area contributed by atoms with Gasteiger partial charge < -0.3 is 19.8 Å². The summed E-state index contributed by atoms with van der Waals surface area (Å²) in [5.41, 5.74) is 3.48. The lowest BCUT2D eigenvalue weighted by Crippen LogP contribution is -2.38. The lowest BCUT2D eigenvalue weighted by molar-refractivity contribution is 0.624. The molecule has 1 aromatic carbocycles. The molecule has 0 radical (unpaired) electrons. The van der Waals surface area contributed by atoms with Crippen LogP contribution in [0.5, 0.6) is 0 Å². The van der Waals surface area contributed by atoms with Crippen LogP contribution in [0.25, 0.3) is 11.0 Å². The number of guanidine groups is 1. The number of hydrogen-bond donors (Lipinski definition) is 2. The van der Waals surface area contributed by atoms with Crippen molar-refractivity contribution in [1.29, 1.82) is 0 Å². The molecule has 0 aliphatic carbocycles. The first-order chi connectivity index (χ1) is 12.7. The zero-order chi connectivity index (χ0) is 18.4. The molecule has 3 rings (SSSR count). The Morgan fingerprint density at radius 2 is 2.04 bits per heavy atom. The molecule has 2 heterocycles. The summed E-state index contributed by atoms with van der Waals surface area (Å²) in [6.45, 7) is 7.50. The highest BCUT2D eigenvalue weighted by molar-refractivity contribution is 5.79. The maximum Gasteiger partial charge on any atom is 0.191 e. The molecule has 0 saturated heterocycles. The number of aromatic nitrogens is 3. The van der Waals surface area contributed by atoms with E-state index in [0.29, 0.717) is 6.54 Å². The first-order valence-corrected chi connectivity index (χ1v) is 9.22. The van der Waals surface area contributed by atoms with E-state index in [1.165, 1.54) is 11.1 Å². The molecule has 6 nitrogen and oxygen atoms in total. The van der Waals surface area contributed by atoms with E-state index >= 15 is 0 Å². The van der Waals surface area contributed by atoms with Crippen molar-refractivity contribution < 1.29 is 0 Å². The molecule has 0 bridgehead atoms. The normalized spacial score (nSPS) is 11.9. The number of fused-ring (bicyclic) bond motifs is 1. The number of rotatable bonds is 7. The largest absolute Gasteiger partial charge is 0.357 e. The average Bonchev–Trinajstić information content (AvgIpc) is 3.19. The van der Waals surface area contributed by atoms with E-state index in [1.807, 2.05) is 23.9 Å². The molecule has 0 amide bonds. The lowest BCUT2D eigenvalue weighted by atomic mass is 10.3. The van der Waals surface area contributed by atoms with Gasteiger partial charge in [0.05, 0.1) is 17.6 Å². The molecule has 0 spiro atoms. The van der Waals surface area contributed by atoms with E-state index in [4.69, 9.17) is 0 Å². The summed E-state index contributed by atoms with van der Waals surface area (Å²) in [5, 5.41) is 6.73. The Morgan fingerprint density at radius 1 is 1.19 bits per heavy atom. The number of nitrogens with one attached hydrogen (secondary N) is 2. The highest BCUT2D eigenvalue weighted by atomic mass is 15.2. The molecule has 2 aromatic heterocycles. The minimum Gasteiger partial charge on any atom is -0.357 e. The SMILES string of the molecule is CCNC(=NCc1ccn(C)c1)NCCCn1c(C)nc2ccccc21. The first-order valence-electron chi connectivity index (χ1n) is 9.22. The van der Waals surface area contributed by atoms with E-state index in [9.17, 15) is 0 Å². The maximum absolute atomic E-state index is 4.66. The molecule has 2 N–H and O–H groups in total. The lowest BCUT2D eigenvalue weighted by Gasteiger charge is -2.12. The molecule has 0 saturated carbocycles. The molecule has 3 aromatic rings. The van der Waals surface area contributed by atoms with Crippen molar-refractivity contribution in [3.8, 4) is 0 Å². The number of benzene rings is 1. The fourth-order valence-corrected chi connectivity index (χ4v) is 3.09. The Morgan fingerprint density at radius 3 is 2.81 bits per heavy atom. The Hall–Kier alpha value is -2.76. The molecule has 0 fully saturated rings. The van der Waals surface area contributed by atoms with Crippen molar-refractivity contribution in [3.05, 3.63) is 54.1 Å². The molecule has 0 aliphatic heterocycles. The van der Waals surface area contributed by atoms with Gasteiger partial charge >= 0.3 is 0 Å². The summed E-state index contributed by atoms with van der Waals surface area (Å²) in [6, 6.07) is 10.4. The predicted molar refractivity (Wildman–Crippen MR) is 107 cm³/mol. The summed E-state index contributed by atoms with van der Waals surface area (Å²) < 4.78 is 4.33. The Bertz CT molecular complexity index is 873. The van der Waals surface area contributed by atoms with Crippen LogP contribution in [0.4, 0.5) is 0 Å². The quantitative estimate of drug-likeness (QED) is 0.390. The smallest absolute Gasteiger partial charge is 0.191 e. The first kappa shape index (κ1) is 18.0. The zero-order valence-corrected chi connectivity index (χ0v) is 15.9. The van der Waals surface area contributed by atoms with Gasteiger partial charge in [0.2, 0.25) is 0 Å². The highest BCUT2D eigenvalue weighted by Gasteiger charge is 2.06. The third kappa shape index (κ3) is 4.45. The Balaban J connectivity index is 1.53. The number of aliphatic imine (C=N–C) groups is 1. The van der Waals surface area contributed by atoms with Crippen LogP contribution in [0.15, 0.2) is 47.7 Å². The summed E-state index contributed by atoms with van der Waals surface area (Å²) in [4.78, 5) is 9.29. The highest BCUT2D eigenvalue weighted by Crippen LogP contribution is 2.15. The average molecular weight is 352 g/mol. The van der Waals surface area contributed by atoms with Crippen LogP contribution in [0, 0.1) is 6.92 Å². The van der Waals surface area contributed by atoms with Crippen molar-refractivity contribution in [1.82, 2.24) is 24.8 Å². The maximum atomic E-state index is 4.66. The fraction of sp³-hybridized carbons (Fsp3) is 0.400. The topological polar surface area (TPSA) is 59.2 Å². The minimum atomic E-state index is 0.682. The van der Waals surface area contributed by atoms with Gasteiger partial charge in [0, 0.05) is 39.1 Å². The van der Waals surface area contributed by atoms with Crippen LogP contribution in [0.2, 0.25) is 0 Å². The summed E-state index contributed by atoms with van der Waals surface area (Å²) >= 11 is 0. The van der Waals surface area contributed by atoms with Crippen LogP contribution in [0.3, 0.4) is 0 Å². The van der Waals surface area contributed by atoms with Gasteiger partial charge in [-0.05, 0) is 44.0 Å². The van der Waals surface area contributed by atoms with Gasteiger partial charge in [0.15, 0.2) is 5.96 Å². The van der Waals surface area contributed by atoms with Gasteiger partial charge in [-0.25, -0.2) is 9.98 Å². The zero-order valence-electron chi connectivity index (χ0n) is 15.9. The number of aryl methyl sites for hydroxylation is 3. The summed E-state index contributed by atoms with van der Waals surface area (Å²) in [6.07, 6.45) is 5.15. The number of nitrogens with zero attached hydrogens (tertiary/aromatic N) is 4. The van der Waals surface area contributed by atoms with Gasteiger partial charge in [0.1, 0.15) is 5.82 Å². The van der Waals surface area contributed by atoms with Gasteiger partial charge in [0.25, 0.3) is 0 Å². The van der Waals surface area contributed by atoms with Gasteiger partial charge in [-0.3, -0.25) is 0 Å². The van der Waals surface area contributed by atoms with Crippen LogP contribution < -0.4 is 10.6 Å². The number of para-hydroxylation sites is 2. The van der Waals surface area contributed by atoms with Crippen LogP contribution in [-0.2, 0) is 20.1 Å². The molecular weight excluding hydrogens is 324 g/mol. The Kier molecular flexibility index (Phi) is 5.94. The van der Waals surface area contributed by atoms with E-state index in [2.05, 4.69) is 69.5 Å². The van der Waals surface area contributed by atoms with Gasteiger partial charge in [-0.15, -0.1) is 0 Å². The van der Waals surface area contributed by atoms with Crippen molar-refractivity contribution in [3.63, 3.8) is 0 Å². The second-order valence-electron chi connectivity index (χ2n) is 6.46. The van der Waals surface area contributed by atoms with Crippen molar-refractivity contribution in [2.24, 2.45) is 12.0 Å². The van der Waals surface area contributed by atoms with Crippen LogP contribution >= 0.6 is 0 Å². The van der Waals surface area contributed by atoms with Crippen molar-refractivity contribution >= 4 is 17.0 Å². The summed E-state index contributed by atoms with van der Waals surface area (Å²) in [5.74, 6) is 1.93. The molecule has 26 heavy (non-hydrogen) atoms. The molecular formula is C20H28N6. The van der Waals surface area contributed by atoms with E-state index < -0.39 is 0 Å². The second kappa shape index (κ2) is 8.56. The number of imidazole rings is 1. The third-order valence-corrected chi connectivity index (χ3v) is 4.35. The number of hydrogen-bond acceptors (Lipinski definition) is 2. The van der Waals surface area contributed by atoms with Crippen LogP contribution in [-0.4, -0.2) is 33.2 Å². The van der Waals surface area contributed by atoms with Gasteiger partial charge in [-0.2, -0.15) is 0 Å². The van der Waals surface area contributed by atoms with Gasteiger partial charge in [-0.1, -0.05) is 12.1 Å². The molecule has 6 heteroatoms. The van der Waals surface area contributed by atoms with Crippen LogP contribution in [0.1, 0.15) is 24.7 Å². The predicted octanol–water partition coefficient (Wildman–Crippen LogP) is 2.83. The molecule has 0 unspecified atom stereocenters. The molecule has 138 valence electrons. The second-order valence-corrected chi connectivity index (χ2v) is 6.46.